The molecule has 0 saturated carbocycles. The van der Waals surface area contributed by atoms with Gasteiger partial charge in [-0.25, -0.2) is 13.4 Å². The lowest BCUT2D eigenvalue weighted by molar-refractivity contribution is 0.207. The van der Waals surface area contributed by atoms with Crippen LogP contribution < -0.4 is 5.56 Å². The van der Waals surface area contributed by atoms with Crippen LogP contribution in [0.25, 0.3) is 10.9 Å². The number of benzene rings is 1. The van der Waals surface area contributed by atoms with Gasteiger partial charge in [-0.2, -0.15) is 0 Å². The number of halogens is 1. The predicted molar refractivity (Wildman–Crippen MR) is 95.5 cm³/mol. The number of allylic oxidation sites excluding steroid dienone is 1. The van der Waals surface area contributed by atoms with E-state index in [-0.39, 0.29) is 23.6 Å². The summed E-state index contributed by atoms with van der Waals surface area (Å²) in [7, 11) is -3.27. The van der Waals surface area contributed by atoms with Crippen molar-refractivity contribution in [1.29, 1.82) is 0 Å². The van der Waals surface area contributed by atoms with Crippen LogP contribution in [0.4, 0.5) is 0 Å². The van der Waals surface area contributed by atoms with Gasteiger partial charge in [-0.3, -0.25) is 9.36 Å². The third kappa shape index (κ3) is 3.37. The zero-order valence-electron chi connectivity index (χ0n) is 12.6. The maximum Gasteiger partial charge on any atom is 0.262 e. The van der Waals surface area contributed by atoms with Crippen LogP contribution in [0, 0.1) is 0 Å². The lowest BCUT2D eigenvalue weighted by Gasteiger charge is -2.16. The van der Waals surface area contributed by atoms with Crippen LogP contribution in [0.15, 0.2) is 40.8 Å². The molecule has 2 heterocycles. The molecular formula is C15H15ClN2O4S2. The first-order valence-corrected chi connectivity index (χ1v) is 10.2. The molecule has 1 aliphatic heterocycles. The highest BCUT2D eigenvalue weighted by atomic mass is 35.5. The Morgan fingerprint density at radius 3 is 2.83 bits per heavy atom. The molecule has 0 unspecified atom stereocenters. The normalized spacial score (nSPS) is 22.8. The highest BCUT2D eigenvalue weighted by molar-refractivity contribution is 8.01. The Morgan fingerprint density at radius 2 is 2.21 bits per heavy atom. The summed E-state index contributed by atoms with van der Waals surface area (Å²) in [5, 5.41) is 10.6. The van der Waals surface area contributed by atoms with Crippen molar-refractivity contribution in [2.24, 2.45) is 0 Å². The van der Waals surface area contributed by atoms with Gasteiger partial charge in [0.05, 0.1) is 33.8 Å². The van der Waals surface area contributed by atoms with E-state index in [1.54, 1.807) is 24.3 Å². The van der Waals surface area contributed by atoms with E-state index in [0.29, 0.717) is 21.1 Å². The fraction of sp³-hybridized carbons (Fsp3) is 0.333. The Morgan fingerprint density at radius 1 is 1.46 bits per heavy atom. The molecule has 3 rings (SSSR count). The van der Waals surface area contributed by atoms with Crippen molar-refractivity contribution >= 4 is 44.1 Å². The maximum absolute atomic E-state index is 12.7. The number of aliphatic hydroxyl groups is 1. The quantitative estimate of drug-likeness (QED) is 0.632. The summed E-state index contributed by atoms with van der Waals surface area (Å²) >= 11 is 7.05. The van der Waals surface area contributed by atoms with Crippen molar-refractivity contribution < 1.29 is 13.5 Å². The average Bonchev–Trinajstić information content (AvgIpc) is 2.76. The van der Waals surface area contributed by atoms with Gasteiger partial charge in [0.25, 0.3) is 5.56 Å². The molecule has 0 aliphatic carbocycles. The van der Waals surface area contributed by atoms with Crippen LogP contribution in [0.1, 0.15) is 0 Å². The van der Waals surface area contributed by atoms with Crippen LogP contribution in [-0.4, -0.2) is 45.9 Å². The van der Waals surface area contributed by atoms with Crippen LogP contribution >= 0.6 is 23.4 Å². The number of thioether (sulfide) groups is 1. The van der Waals surface area contributed by atoms with Gasteiger partial charge in [0.2, 0.25) is 0 Å². The summed E-state index contributed by atoms with van der Waals surface area (Å²) in [5.74, 6) is -0.402. The number of hydrogen-bond donors (Lipinski definition) is 1. The number of nitrogens with zero attached hydrogens (tertiary/aromatic N) is 2. The summed E-state index contributed by atoms with van der Waals surface area (Å²) in [4.78, 5) is 17.2. The van der Waals surface area contributed by atoms with E-state index in [1.807, 2.05) is 0 Å². The van der Waals surface area contributed by atoms with E-state index in [2.05, 4.69) is 11.6 Å². The molecule has 0 bridgehead atoms. The molecule has 1 fully saturated rings. The summed E-state index contributed by atoms with van der Waals surface area (Å²) in [6.45, 7) is 3.87. The highest BCUT2D eigenvalue weighted by Gasteiger charge is 2.38. The van der Waals surface area contributed by atoms with E-state index in [4.69, 9.17) is 11.6 Å². The molecule has 1 N–H and O–H groups in total. The molecule has 2 atom stereocenters. The van der Waals surface area contributed by atoms with Crippen LogP contribution in [0.2, 0.25) is 5.02 Å². The lowest BCUT2D eigenvalue weighted by atomic mass is 10.2. The first-order valence-electron chi connectivity index (χ1n) is 7.17. The predicted octanol–water partition coefficient (Wildman–Crippen LogP) is 1.49. The topological polar surface area (TPSA) is 89.3 Å². The van der Waals surface area contributed by atoms with E-state index in [9.17, 15) is 18.3 Å². The molecule has 2 aromatic rings. The SMILES string of the molecule is C=CCn1c(S[C@@H]2CS(=O)(=O)C[C@H]2O)nc2ccc(Cl)cc2c1=O. The van der Waals surface area contributed by atoms with Gasteiger partial charge < -0.3 is 5.11 Å². The molecule has 1 aliphatic rings. The molecule has 9 heteroatoms. The molecule has 0 radical (unpaired) electrons. The minimum Gasteiger partial charge on any atom is -0.391 e. The van der Waals surface area contributed by atoms with Crippen molar-refractivity contribution in [2.75, 3.05) is 11.5 Å². The second-order valence-corrected chi connectivity index (χ2v) is 9.36. The molecular weight excluding hydrogens is 372 g/mol. The number of hydrogen-bond acceptors (Lipinski definition) is 6. The van der Waals surface area contributed by atoms with Crippen molar-refractivity contribution in [3.05, 3.63) is 46.2 Å². The Labute approximate surface area is 148 Å². The number of aliphatic hydroxyl groups excluding tert-OH is 1. The smallest absolute Gasteiger partial charge is 0.262 e. The Balaban J connectivity index is 2.09. The van der Waals surface area contributed by atoms with Gasteiger partial charge in [0.1, 0.15) is 0 Å². The van der Waals surface area contributed by atoms with E-state index >= 15 is 0 Å². The fourth-order valence-electron chi connectivity index (χ4n) is 2.60. The number of sulfone groups is 1. The van der Waals surface area contributed by atoms with E-state index < -0.39 is 21.2 Å². The van der Waals surface area contributed by atoms with Gasteiger partial charge in [0, 0.05) is 11.6 Å². The molecule has 24 heavy (non-hydrogen) atoms. The van der Waals surface area contributed by atoms with E-state index in [0.717, 1.165) is 11.8 Å². The molecule has 6 nitrogen and oxygen atoms in total. The highest BCUT2D eigenvalue weighted by Crippen LogP contribution is 2.30. The molecule has 1 aromatic heterocycles. The van der Waals surface area contributed by atoms with Gasteiger partial charge in [-0.05, 0) is 18.2 Å². The van der Waals surface area contributed by atoms with Crippen LogP contribution in [-0.2, 0) is 16.4 Å². The van der Waals surface area contributed by atoms with Crippen LogP contribution in [0.5, 0.6) is 0 Å². The Hall–Kier alpha value is -1.35. The standard InChI is InChI=1S/C15H15ClN2O4S2/c1-2-5-18-14(20)10-6-9(16)3-4-11(10)17-15(18)23-13-8-24(21,22)7-12(13)19/h2-4,6,12-13,19H,1,5,7-8H2/t12-,13-/m1/s1. The number of rotatable bonds is 4. The Bertz CT molecular complexity index is 971. The summed E-state index contributed by atoms with van der Waals surface area (Å²) in [5.41, 5.74) is 0.197. The molecule has 0 spiro atoms. The third-order valence-corrected chi connectivity index (χ3v) is 7.19. The van der Waals surface area contributed by atoms with Gasteiger partial charge in [-0.15, -0.1) is 6.58 Å². The fourth-order valence-corrected chi connectivity index (χ4v) is 6.36. The molecule has 0 amide bonds. The first-order chi connectivity index (χ1) is 11.3. The lowest BCUT2D eigenvalue weighted by Crippen LogP contribution is -2.26. The largest absolute Gasteiger partial charge is 0.391 e. The second-order valence-electron chi connectivity index (χ2n) is 5.56. The summed E-state index contributed by atoms with van der Waals surface area (Å²) in [6.07, 6.45) is 0.584. The van der Waals surface area contributed by atoms with Gasteiger partial charge in [-0.1, -0.05) is 29.4 Å². The van der Waals surface area contributed by atoms with Crippen molar-refractivity contribution in [3.63, 3.8) is 0 Å². The zero-order chi connectivity index (χ0) is 17.5. The zero-order valence-corrected chi connectivity index (χ0v) is 14.9. The Kier molecular flexibility index (Phi) is 4.74. The van der Waals surface area contributed by atoms with Gasteiger partial charge >= 0.3 is 0 Å². The average molecular weight is 387 g/mol. The minimum absolute atomic E-state index is 0.137. The maximum atomic E-state index is 12.7. The van der Waals surface area contributed by atoms with Crippen molar-refractivity contribution in [3.8, 4) is 0 Å². The summed E-state index contributed by atoms with van der Waals surface area (Å²) < 4.78 is 24.8. The molecule has 1 aromatic carbocycles. The number of fused-ring (bicyclic) bond motifs is 1. The molecule has 1 saturated heterocycles. The first kappa shape index (κ1) is 17.5. The summed E-state index contributed by atoms with van der Waals surface area (Å²) in [6, 6.07) is 4.83. The van der Waals surface area contributed by atoms with Crippen molar-refractivity contribution in [2.45, 2.75) is 23.1 Å². The van der Waals surface area contributed by atoms with E-state index in [1.165, 1.54) is 4.57 Å². The van der Waals surface area contributed by atoms with Crippen molar-refractivity contribution in [1.82, 2.24) is 9.55 Å². The molecule has 128 valence electrons. The van der Waals surface area contributed by atoms with Gasteiger partial charge in [0.15, 0.2) is 15.0 Å². The van der Waals surface area contributed by atoms with Crippen LogP contribution in [0.3, 0.4) is 0 Å². The monoisotopic (exact) mass is 386 g/mol. The minimum atomic E-state index is -3.27. The third-order valence-electron chi connectivity index (χ3n) is 3.72. The number of aromatic nitrogens is 2. The second kappa shape index (κ2) is 6.51.